The number of hydrogen-bond donors (Lipinski definition) is 3. The van der Waals surface area contributed by atoms with E-state index in [0.717, 1.165) is 11.8 Å². The SMILES string of the molecule is CN(C(C)(C)C(=O)O)C(C)(O)C(=O)O. The second kappa shape index (κ2) is 3.55. The number of rotatable bonds is 4. The Kier molecular flexibility index (Phi) is 3.26. The molecule has 0 fully saturated rings. The quantitative estimate of drug-likeness (QED) is 0.539. The molecule has 0 spiro atoms. The van der Waals surface area contributed by atoms with E-state index >= 15 is 0 Å². The summed E-state index contributed by atoms with van der Waals surface area (Å²) in [5, 5.41) is 27.0. The number of carboxylic acids is 2. The Morgan fingerprint density at radius 2 is 1.43 bits per heavy atom. The maximum atomic E-state index is 10.8. The zero-order valence-electron chi connectivity index (χ0n) is 8.61. The Morgan fingerprint density at radius 1 is 1.07 bits per heavy atom. The van der Waals surface area contributed by atoms with Gasteiger partial charge in [0.1, 0.15) is 5.54 Å². The molecule has 0 aromatic rings. The van der Waals surface area contributed by atoms with E-state index in [2.05, 4.69) is 0 Å². The summed E-state index contributed by atoms with van der Waals surface area (Å²) in [5.74, 6) is -2.70. The van der Waals surface area contributed by atoms with Crippen molar-refractivity contribution < 1.29 is 24.9 Å². The Morgan fingerprint density at radius 3 is 1.64 bits per heavy atom. The Balaban J connectivity index is 5.04. The molecule has 14 heavy (non-hydrogen) atoms. The molecule has 0 aromatic carbocycles. The molecule has 3 N–H and O–H groups in total. The summed E-state index contributed by atoms with van der Waals surface area (Å²) in [6.45, 7) is 3.65. The minimum absolute atomic E-state index is 0.880. The van der Waals surface area contributed by atoms with E-state index < -0.39 is 23.2 Å². The van der Waals surface area contributed by atoms with Crippen LogP contribution in [0.15, 0.2) is 0 Å². The maximum Gasteiger partial charge on any atom is 0.351 e. The summed E-state index contributed by atoms with van der Waals surface area (Å²) in [4.78, 5) is 22.3. The summed E-state index contributed by atoms with van der Waals surface area (Å²) in [6, 6.07) is 0. The van der Waals surface area contributed by atoms with Crippen molar-refractivity contribution in [3.63, 3.8) is 0 Å². The van der Waals surface area contributed by atoms with Crippen LogP contribution in [-0.2, 0) is 9.59 Å². The first-order valence-electron chi connectivity index (χ1n) is 3.97. The fourth-order valence-corrected chi connectivity index (χ4v) is 0.831. The van der Waals surface area contributed by atoms with Gasteiger partial charge in [-0.15, -0.1) is 0 Å². The molecule has 1 atom stereocenters. The summed E-state index contributed by atoms with van der Waals surface area (Å²) < 4.78 is 0. The van der Waals surface area contributed by atoms with Crippen LogP contribution in [0.4, 0.5) is 0 Å². The Hall–Kier alpha value is -1.14. The summed E-state index contributed by atoms with van der Waals surface area (Å²) in [5.41, 5.74) is -3.66. The molecule has 0 aliphatic rings. The molecule has 0 saturated carbocycles. The van der Waals surface area contributed by atoms with Gasteiger partial charge in [-0.3, -0.25) is 9.69 Å². The Bertz CT molecular complexity index is 232. The van der Waals surface area contributed by atoms with Crippen molar-refractivity contribution in [1.82, 2.24) is 4.90 Å². The summed E-state index contributed by atoms with van der Waals surface area (Å²) >= 11 is 0. The van der Waals surface area contributed by atoms with Gasteiger partial charge in [0.2, 0.25) is 5.72 Å². The molecule has 1 unspecified atom stereocenters. The van der Waals surface area contributed by atoms with Crippen LogP contribution in [0.3, 0.4) is 0 Å². The van der Waals surface area contributed by atoms with Gasteiger partial charge in [0.25, 0.3) is 0 Å². The smallest absolute Gasteiger partial charge is 0.351 e. The highest BCUT2D eigenvalue weighted by atomic mass is 16.4. The highest BCUT2D eigenvalue weighted by Crippen LogP contribution is 2.21. The minimum atomic E-state index is -2.21. The van der Waals surface area contributed by atoms with E-state index in [1.165, 1.54) is 20.9 Å². The van der Waals surface area contributed by atoms with Crippen LogP contribution >= 0.6 is 0 Å². The fourth-order valence-electron chi connectivity index (χ4n) is 0.831. The molecular formula is C8H15NO5. The molecule has 0 aliphatic carbocycles. The second-order valence-corrected chi connectivity index (χ2v) is 3.75. The lowest BCUT2D eigenvalue weighted by molar-refractivity contribution is -0.192. The molecule has 0 saturated heterocycles. The van der Waals surface area contributed by atoms with E-state index in [-0.39, 0.29) is 0 Å². The van der Waals surface area contributed by atoms with Crippen LogP contribution in [-0.4, -0.2) is 50.5 Å². The van der Waals surface area contributed by atoms with Gasteiger partial charge < -0.3 is 15.3 Å². The average molecular weight is 205 g/mol. The van der Waals surface area contributed by atoms with Crippen molar-refractivity contribution in [2.24, 2.45) is 0 Å². The molecule has 0 aliphatic heterocycles. The molecular weight excluding hydrogens is 190 g/mol. The molecule has 0 heterocycles. The van der Waals surface area contributed by atoms with Crippen LogP contribution in [0.1, 0.15) is 20.8 Å². The van der Waals surface area contributed by atoms with E-state index in [1.807, 2.05) is 0 Å². The molecule has 0 bridgehead atoms. The van der Waals surface area contributed by atoms with Gasteiger partial charge in [0.05, 0.1) is 0 Å². The first kappa shape index (κ1) is 12.9. The third kappa shape index (κ3) is 2.02. The van der Waals surface area contributed by atoms with E-state index in [9.17, 15) is 14.7 Å². The van der Waals surface area contributed by atoms with Gasteiger partial charge in [0, 0.05) is 0 Å². The van der Waals surface area contributed by atoms with Gasteiger partial charge in [0.15, 0.2) is 0 Å². The summed E-state index contributed by atoms with van der Waals surface area (Å²) in [6.07, 6.45) is 0. The largest absolute Gasteiger partial charge is 0.480 e. The van der Waals surface area contributed by atoms with Gasteiger partial charge in [-0.2, -0.15) is 0 Å². The van der Waals surface area contributed by atoms with Crippen molar-refractivity contribution in [3.8, 4) is 0 Å². The average Bonchev–Trinajstić information content (AvgIpc) is 2.02. The van der Waals surface area contributed by atoms with Crippen molar-refractivity contribution in [2.75, 3.05) is 7.05 Å². The number of aliphatic carboxylic acids is 2. The fraction of sp³-hybridized carbons (Fsp3) is 0.750. The molecule has 0 amide bonds. The molecule has 6 nitrogen and oxygen atoms in total. The van der Waals surface area contributed by atoms with Crippen molar-refractivity contribution in [2.45, 2.75) is 32.0 Å². The predicted molar refractivity (Wildman–Crippen MR) is 47.7 cm³/mol. The highest BCUT2D eigenvalue weighted by Gasteiger charge is 2.46. The molecule has 0 radical (unpaired) electrons. The first-order valence-corrected chi connectivity index (χ1v) is 3.97. The van der Waals surface area contributed by atoms with Gasteiger partial charge >= 0.3 is 11.9 Å². The van der Waals surface area contributed by atoms with Gasteiger partial charge in [-0.25, -0.2) is 4.79 Å². The maximum absolute atomic E-state index is 10.8. The molecule has 0 rings (SSSR count). The monoisotopic (exact) mass is 205 g/mol. The first-order chi connectivity index (χ1) is 6.04. The van der Waals surface area contributed by atoms with E-state index in [1.54, 1.807) is 0 Å². The van der Waals surface area contributed by atoms with Crippen molar-refractivity contribution >= 4 is 11.9 Å². The van der Waals surface area contributed by atoms with Crippen LogP contribution in [0.5, 0.6) is 0 Å². The standard InChI is InChI=1S/C8H15NO5/c1-7(2,5(10)11)9(4)8(3,14)6(12)13/h14H,1-4H3,(H,10,11)(H,12,13). The second-order valence-electron chi connectivity index (χ2n) is 3.75. The van der Waals surface area contributed by atoms with E-state index in [0.29, 0.717) is 0 Å². The van der Waals surface area contributed by atoms with Crippen molar-refractivity contribution in [3.05, 3.63) is 0 Å². The number of carboxylic acid groups (broad SMARTS) is 2. The van der Waals surface area contributed by atoms with Crippen LogP contribution in [0.2, 0.25) is 0 Å². The molecule has 0 aromatic heterocycles. The lowest BCUT2D eigenvalue weighted by atomic mass is 10.0. The third-order valence-corrected chi connectivity index (χ3v) is 2.42. The molecule has 6 heteroatoms. The topological polar surface area (TPSA) is 98.1 Å². The van der Waals surface area contributed by atoms with Gasteiger partial charge in [-0.05, 0) is 27.8 Å². The van der Waals surface area contributed by atoms with Gasteiger partial charge in [-0.1, -0.05) is 0 Å². The normalized spacial score (nSPS) is 16.4. The highest BCUT2D eigenvalue weighted by molar-refractivity contribution is 5.81. The lowest BCUT2D eigenvalue weighted by Gasteiger charge is -2.39. The molecule has 82 valence electrons. The number of nitrogens with zero attached hydrogens (tertiary/aromatic N) is 1. The van der Waals surface area contributed by atoms with Crippen molar-refractivity contribution in [1.29, 1.82) is 0 Å². The number of aliphatic hydroxyl groups is 1. The van der Waals surface area contributed by atoms with E-state index in [4.69, 9.17) is 10.2 Å². The zero-order valence-corrected chi connectivity index (χ0v) is 8.61. The number of hydrogen-bond acceptors (Lipinski definition) is 4. The Labute approximate surface area is 81.8 Å². The predicted octanol–water partition coefficient (Wildman–Crippen LogP) is -0.425. The summed E-state index contributed by atoms with van der Waals surface area (Å²) in [7, 11) is 1.24. The zero-order chi connectivity index (χ0) is 11.7. The van der Waals surface area contributed by atoms with Crippen LogP contribution in [0.25, 0.3) is 0 Å². The third-order valence-electron chi connectivity index (χ3n) is 2.42. The number of carbonyl (C=O) groups is 2. The number of likely N-dealkylation sites (N-methyl/N-ethyl adjacent to an activating group) is 1. The lowest BCUT2D eigenvalue weighted by Crippen LogP contribution is -2.61. The minimum Gasteiger partial charge on any atom is -0.480 e. The van der Waals surface area contributed by atoms with Crippen LogP contribution in [0, 0.1) is 0 Å². The van der Waals surface area contributed by atoms with Crippen LogP contribution < -0.4 is 0 Å².